The molecule has 0 aliphatic rings. The summed E-state index contributed by atoms with van der Waals surface area (Å²) in [6.45, 7) is 0. The molecule has 0 aliphatic carbocycles. The van der Waals surface area contributed by atoms with E-state index in [9.17, 15) is 0 Å². The topological polar surface area (TPSA) is 72.0 Å². The maximum Gasteiger partial charge on any atom is 0 e. The molecule has 0 aromatic rings. The Morgan fingerprint density at radius 1 is 0.800 bits per heavy atom. The molecule has 0 saturated carbocycles. The average Bonchev–Trinajstić information content (AvgIpc) is 1.00. The summed E-state index contributed by atoms with van der Waals surface area (Å²) in [5, 5.41) is 12.0. The molecule has 0 spiro atoms. The number of hydrogen-bond donors (Lipinski definition) is 2. The summed E-state index contributed by atoms with van der Waals surface area (Å²) < 4.78 is 0. The first kappa shape index (κ1) is 33.4. The monoisotopic (exact) mass is 148 g/mol. The van der Waals surface area contributed by atoms with Gasteiger partial charge >= 0.3 is 0 Å². The minimum Gasteiger partial charge on any atom is -0.412 e. The van der Waals surface area contributed by atoms with Crippen LogP contribution in [-0.4, -0.2) is 16.0 Å². The number of rotatable bonds is 0. The van der Waals surface area contributed by atoms with Crippen LogP contribution in [0.15, 0.2) is 0 Å². The van der Waals surface area contributed by atoms with Crippen molar-refractivity contribution in [2.45, 2.75) is 0 Å². The van der Waals surface area contributed by atoms with Gasteiger partial charge in [-0.05, 0) is 0 Å². The van der Waals surface area contributed by atoms with E-state index in [1.807, 2.05) is 0 Å². The molecule has 30 valence electrons. The molecule has 0 fully saturated rings. The normalized spacial score (nSPS) is 1.20. The van der Waals surface area contributed by atoms with E-state index in [4.69, 9.17) is 10.5 Å². The summed E-state index contributed by atoms with van der Waals surface area (Å²) in [5.74, 6) is 0. The second-order valence-corrected chi connectivity index (χ2v) is 0. The smallest absolute Gasteiger partial charge is 0 e. The van der Waals surface area contributed by atoms with Crippen LogP contribution < -0.4 is 0 Å². The number of hydrogen-bond acceptors (Lipinski definition) is 2. The van der Waals surface area contributed by atoms with Crippen LogP contribution >= 0.6 is 0 Å². The molecular weight excluding hydrogens is 144 g/mol. The second-order valence-electron chi connectivity index (χ2n) is 0. The fourth-order valence-electron chi connectivity index (χ4n) is 0. The first-order chi connectivity index (χ1) is 1.00. The fourth-order valence-corrected chi connectivity index (χ4v) is 0. The van der Waals surface area contributed by atoms with E-state index in [2.05, 4.69) is 0 Å². The first-order valence-corrected chi connectivity index (χ1v) is 0.200. The Hall–Kier alpha value is 1.31. The van der Waals surface area contributed by atoms with Crippen molar-refractivity contribution in [2.24, 2.45) is 0 Å². The molecule has 5 heavy (non-hydrogen) atoms. The molecule has 0 atom stereocenters. The predicted molar refractivity (Wildman–Crippen MR) is 8.87 cm³/mol. The molecule has 0 amide bonds. The molecule has 0 rings (SSSR count). The minimum atomic E-state index is 0. The Bertz CT molecular complexity index is 4.85. The van der Waals surface area contributed by atoms with E-state index in [1.54, 1.807) is 0 Å². The minimum absolute atomic E-state index is 0. The largest absolute Gasteiger partial charge is 0.412 e. The van der Waals surface area contributed by atoms with E-state index < -0.39 is 0 Å². The van der Waals surface area contributed by atoms with Crippen LogP contribution in [0.5, 0.6) is 0 Å². The van der Waals surface area contributed by atoms with Crippen molar-refractivity contribution in [1.82, 2.24) is 0 Å². The zero-order chi connectivity index (χ0) is 2.00. The standard InChI is InChI=1S/H2O2.H2O.2Ti/c1-2;;;/h1-2H;1H2;;. The summed E-state index contributed by atoms with van der Waals surface area (Å²) in [6, 6.07) is 0. The molecule has 0 bridgehead atoms. The Morgan fingerprint density at radius 3 is 0.800 bits per heavy atom. The van der Waals surface area contributed by atoms with E-state index in [-0.39, 0.29) is 48.9 Å². The van der Waals surface area contributed by atoms with Gasteiger partial charge in [0.15, 0.2) is 0 Å². The van der Waals surface area contributed by atoms with Crippen molar-refractivity contribution in [3.63, 3.8) is 0 Å². The van der Waals surface area contributed by atoms with Crippen molar-refractivity contribution in [3.05, 3.63) is 0 Å². The third-order valence-corrected chi connectivity index (χ3v) is 0. The Balaban J connectivity index is -0.00000000167. The van der Waals surface area contributed by atoms with Gasteiger partial charge in [-0.2, -0.15) is 0 Å². The van der Waals surface area contributed by atoms with Gasteiger partial charge in [0.05, 0.1) is 0 Å². The molecule has 0 aromatic heterocycles. The summed E-state index contributed by atoms with van der Waals surface area (Å²) in [4.78, 5) is 0. The molecule has 0 unspecified atom stereocenters. The van der Waals surface area contributed by atoms with E-state index in [1.165, 1.54) is 0 Å². The molecule has 0 heterocycles. The quantitative estimate of drug-likeness (QED) is 0.267. The Labute approximate surface area is 59.4 Å². The molecule has 0 aromatic carbocycles. The van der Waals surface area contributed by atoms with Gasteiger partial charge < -0.3 is 5.48 Å². The summed E-state index contributed by atoms with van der Waals surface area (Å²) >= 11 is 0. The fraction of sp³-hybridized carbons (Fsp3) is 0. The molecule has 4 N–H and O–H groups in total. The summed E-state index contributed by atoms with van der Waals surface area (Å²) in [7, 11) is 0. The molecule has 3 nitrogen and oxygen atoms in total. The maximum absolute atomic E-state index is 6.00. The third-order valence-electron chi connectivity index (χ3n) is 0. The van der Waals surface area contributed by atoms with Crippen LogP contribution in [-0.2, 0) is 43.4 Å². The van der Waals surface area contributed by atoms with Gasteiger partial charge in [-0.15, -0.1) is 0 Å². The van der Waals surface area contributed by atoms with Gasteiger partial charge in [-0.1, -0.05) is 0 Å². The first-order valence-electron chi connectivity index (χ1n) is 0.200. The van der Waals surface area contributed by atoms with Crippen molar-refractivity contribution in [3.8, 4) is 0 Å². The molecule has 0 aliphatic heterocycles. The van der Waals surface area contributed by atoms with Crippen LogP contribution in [0.4, 0.5) is 0 Å². The summed E-state index contributed by atoms with van der Waals surface area (Å²) in [5.41, 5.74) is 0. The van der Waals surface area contributed by atoms with Crippen molar-refractivity contribution < 1.29 is 59.4 Å². The molecule has 0 saturated heterocycles. The van der Waals surface area contributed by atoms with Gasteiger partial charge in [-0.3, -0.25) is 10.5 Å². The molecule has 5 heteroatoms. The molecular formula is H4O3Ti2. The zero-order valence-electron chi connectivity index (χ0n) is 2.39. The van der Waals surface area contributed by atoms with E-state index in [0.29, 0.717) is 0 Å². The molecule has 0 radical (unpaired) electrons. The van der Waals surface area contributed by atoms with Gasteiger partial charge in [0, 0.05) is 43.4 Å². The van der Waals surface area contributed by atoms with Crippen molar-refractivity contribution >= 4 is 0 Å². The van der Waals surface area contributed by atoms with Crippen LogP contribution in [0.1, 0.15) is 0 Å². The van der Waals surface area contributed by atoms with Crippen LogP contribution in [0.25, 0.3) is 0 Å². The van der Waals surface area contributed by atoms with Gasteiger partial charge in [0.2, 0.25) is 0 Å². The predicted octanol–water partition coefficient (Wildman–Crippen LogP) is -0.812. The van der Waals surface area contributed by atoms with Gasteiger partial charge in [0.25, 0.3) is 0 Å². The van der Waals surface area contributed by atoms with Crippen molar-refractivity contribution in [1.29, 1.82) is 0 Å². The van der Waals surface area contributed by atoms with Gasteiger partial charge in [-0.25, -0.2) is 0 Å². The van der Waals surface area contributed by atoms with E-state index >= 15 is 0 Å². The van der Waals surface area contributed by atoms with Crippen LogP contribution in [0.2, 0.25) is 0 Å². The van der Waals surface area contributed by atoms with Gasteiger partial charge in [0.1, 0.15) is 0 Å². The zero-order valence-corrected chi connectivity index (χ0v) is 5.52. The third kappa shape index (κ3) is 33.9. The van der Waals surface area contributed by atoms with E-state index in [0.717, 1.165) is 0 Å². The SMILES string of the molecule is O.OO.[Ti].[Ti]. The Morgan fingerprint density at radius 2 is 0.800 bits per heavy atom. The van der Waals surface area contributed by atoms with Crippen LogP contribution in [0.3, 0.4) is 0 Å². The van der Waals surface area contributed by atoms with Crippen LogP contribution in [0, 0.1) is 0 Å². The Kier molecular flexibility index (Phi) is 384. The maximum atomic E-state index is 6.00. The second kappa shape index (κ2) is 57.6. The summed E-state index contributed by atoms with van der Waals surface area (Å²) in [6.07, 6.45) is 0. The average molecular weight is 148 g/mol. The van der Waals surface area contributed by atoms with Crippen molar-refractivity contribution in [2.75, 3.05) is 0 Å².